The number of nitrogens with two attached hydrogens (primary N) is 1. The van der Waals surface area contributed by atoms with Gasteiger partial charge in [-0.3, -0.25) is 19.6 Å². The highest BCUT2D eigenvalue weighted by Crippen LogP contribution is 2.28. The normalized spacial score (nSPS) is 14.1. The number of hydrogen-bond donors (Lipinski definition) is 6. The molecule has 0 aromatic heterocycles. The van der Waals surface area contributed by atoms with Crippen molar-refractivity contribution in [2.24, 2.45) is 31.8 Å². The number of fused-ring (bicyclic) bond motifs is 4. The number of methoxy groups -OCH3 is 3. The van der Waals surface area contributed by atoms with Crippen LogP contribution in [0.1, 0.15) is 166 Å². The predicted octanol–water partition coefficient (Wildman–Crippen LogP) is 10.9. The summed E-state index contributed by atoms with van der Waals surface area (Å²) in [7, 11) is 4.22. The molecule has 0 atom stereocenters. The number of carbonyl (C=O) groups excluding carboxylic acids is 6. The topological polar surface area (TPSA) is 288 Å². The zero-order valence-corrected chi connectivity index (χ0v) is 50.4. The van der Waals surface area contributed by atoms with Gasteiger partial charge in [-0.2, -0.15) is 5.53 Å². The van der Waals surface area contributed by atoms with Crippen LogP contribution in [0.5, 0.6) is 0 Å². The van der Waals surface area contributed by atoms with Crippen molar-refractivity contribution in [3.8, 4) is 0 Å². The third-order valence-electron chi connectivity index (χ3n) is 13.4. The minimum absolute atomic E-state index is 0. The molecule has 3 heterocycles. The van der Waals surface area contributed by atoms with Crippen molar-refractivity contribution in [2.75, 3.05) is 41.0 Å². The molecule has 20 nitrogen and oxygen atoms in total. The number of nitrogens with zero attached hydrogens (tertiary/aromatic N) is 5. The molecule has 8 rings (SSSR count). The summed E-state index contributed by atoms with van der Waals surface area (Å²) in [5, 5.41) is 23.6. The number of amides is 3. The standard InChI is InChI=1S/C17H23NO3.C16H22N2O3.C13H16O2.C12H15NO2.ClHN4.2ClH.H3NO/c1-17(2,3)16(20)18-9-5-6-12-10-13(15(19)21-4)7-8-14(12)11-18;1-16(2,3)15(20)18-8-4-5-11-9-12(14(19)17-21)6-7-13(11)10-18;1-15-13(14)12-8-7-10-5-3-2-4-6-11(10)9-12;1-15-12(14)10-4-5-11-8-13-6-2-3-9(11)7-10;1-3-5-4-2;;;1-2/h7-8,10H,5-6,9,11H2,1-4H3;6-7,9,21H,4-5,8,10H2,1-3H3,(H,17,19);7-9H,2-6H2,1H3;4-5,7,13H,2-3,6,8H2,1H3;2H;2*1H;2H,1H2. The molecule has 81 heavy (non-hydrogen) atoms. The lowest BCUT2D eigenvalue weighted by atomic mass is 9.94. The first-order valence-electron chi connectivity index (χ1n) is 26.3. The summed E-state index contributed by atoms with van der Waals surface area (Å²) in [4.78, 5) is 74.5. The summed E-state index contributed by atoms with van der Waals surface area (Å²) in [6.45, 7) is 16.2. The number of benzene rings is 4. The summed E-state index contributed by atoms with van der Waals surface area (Å²) >= 11 is 4.55. The average molecular weight is 1190 g/mol. The summed E-state index contributed by atoms with van der Waals surface area (Å²) in [6.07, 6.45) is 11.7. The van der Waals surface area contributed by atoms with Crippen molar-refractivity contribution in [1.82, 2.24) is 20.6 Å². The van der Waals surface area contributed by atoms with E-state index in [9.17, 15) is 28.8 Å². The smallest absolute Gasteiger partial charge is 0.337 e. The molecule has 0 fully saturated rings. The van der Waals surface area contributed by atoms with Crippen molar-refractivity contribution in [3.63, 3.8) is 0 Å². The van der Waals surface area contributed by atoms with Crippen LogP contribution in [0.25, 0.3) is 0 Å². The number of aryl methyl sites for hydroxylation is 5. The van der Waals surface area contributed by atoms with Gasteiger partial charge in [0.1, 0.15) is 0 Å². The number of ether oxygens (including phenoxy) is 3. The van der Waals surface area contributed by atoms with Crippen LogP contribution in [0.4, 0.5) is 0 Å². The molecule has 4 aliphatic rings. The molecule has 3 amide bonds. The van der Waals surface area contributed by atoms with Gasteiger partial charge in [-0.1, -0.05) is 76.9 Å². The zero-order chi connectivity index (χ0) is 58.7. The molecule has 3 aliphatic heterocycles. The van der Waals surface area contributed by atoms with E-state index in [1.165, 1.54) is 62.8 Å². The largest absolute Gasteiger partial charge is 0.465 e. The lowest BCUT2D eigenvalue weighted by Crippen LogP contribution is -2.39. The van der Waals surface area contributed by atoms with Crippen LogP contribution in [0, 0.1) is 16.4 Å². The van der Waals surface area contributed by atoms with E-state index in [1.54, 1.807) is 23.7 Å². The first-order valence-corrected chi connectivity index (χ1v) is 26.6. The van der Waals surface area contributed by atoms with E-state index in [-0.39, 0.29) is 65.4 Å². The molecule has 4 aromatic carbocycles. The van der Waals surface area contributed by atoms with Gasteiger partial charge in [-0.25, -0.2) is 25.8 Å². The van der Waals surface area contributed by atoms with Gasteiger partial charge >= 0.3 is 17.9 Å². The molecule has 23 heteroatoms. The average Bonchev–Trinajstić information content (AvgIpc) is 4.02. The van der Waals surface area contributed by atoms with Gasteiger partial charge in [0.05, 0.1) is 49.8 Å². The molecular weight excluding hydrogens is 1110 g/mol. The third kappa shape index (κ3) is 23.2. The number of hydrogen-bond acceptors (Lipinski definition) is 15. The van der Waals surface area contributed by atoms with Crippen LogP contribution in [-0.4, -0.2) is 96.8 Å². The molecule has 7 N–H and O–H groups in total. The Morgan fingerprint density at radius 2 is 0.914 bits per heavy atom. The highest BCUT2D eigenvalue weighted by Gasteiger charge is 2.30. The second-order valence-corrected chi connectivity index (χ2v) is 21.3. The summed E-state index contributed by atoms with van der Waals surface area (Å²) in [5.41, 5.74) is 18.8. The fraction of sp³-hybridized carbons (Fsp3) is 0.483. The van der Waals surface area contributed by atoms with Crippen molar-refractivity contribution < 1.29 is 53.4 Å². The first-order chi connectivity index (χ1) is 37.7. The number of halogens is 3. The molecule has 0 unspecified atom stereocenters. The minimum atomic E-state index is -0.510. The lowest BCUT2D eigenvalue weighted by Gasteiger charge is -2.28. The van der Waals surface area contributed by atoms with Gasteiger partial charge < -0.3 is 34.5 Å². The van der Waals surface area contributed by atoms with Crippen LogP contribution in [0.15, 0.2) is 87.9 Å². The molecule has 446 valence electrons. The van der Waals surface area contributed by atoms with E-state index in [4.69, 9.17) is 30.2 Å². The maximum absolute atomic E-state index is 12.5. The molecule has 4 aromatic rings. The Labute approximate surface area is 493 Å². The Balaban J connectivity index is 0.000000520. The Kier molecular flexibility index (Phi) is 33.0. The Bertz CT molecular complexity index is 2560. The zero-order valence-electron chi connectivity index (χ0n) is 48.0. The monoisotopic (exact) mass is 1190 g/mol. The van der Waals surface area contributed by atoms with E-state index >= 15 is 0 Å². The Hall–Kier alpha value is -6.39. The second-order valence-electron chi connectivity index (χ2n) is 21.1. The summed E-state index contributed by atoms with van der Waals surface area (Å²) in [5.74, 6) is 2.51. The van der Waals surface area contributed by atoms with Gasteiger partial charge in [0.15, 0.2) is 0 Å². The maximum Gasteiger partial charge on any atom is 0.337 e. The van der Waals surface area contributed by atoms with Crippen LogP contribution in [0.3, 0.4) is 0 Å². The maximum atomic E-state index is 12.5. The second kappa shape index (κ2) is 36.9. The Morgan fingerprint density at radius 3 is 1.31 bits per heavy atom. The number of hydroxylamine groups is 1. The minimum Gasteiger partial charge on any atom is -0.465 e. The van der Waals surface area contributed by atoms with Crippen LogP contribution in [0.2, 0.25) is 0 Å². The summed E-state index contributed by atoms with van der Waals surface area (Å²) < 4.78 is 16.8. The fourth-order valence-corrected chi connectivity index (χ4v) is 9.37. The first kappa shape index (κ1) is 72.6. The number of nitrogens with one attached hydrogen (secondary N) is 3. The van der Waals surface area contributed by atoms with E-state index in [0.29, 0.717) is 35.3 Å². The van der Waals surface area contributed by atoms with Gasteiger partial charge in [0, 0.05) is 49.1 Å². The van der Waals surface area contributed by atoms with Gasteiger partial charge in [-0.15, -0.1) is 24.8 Å². The highest BCUT2D eigenvalue weighted by atomic mass is 35.5. The molecule has 0 spiro atoms. The van der Waals surface area contributed by atoms with E-state index in [1.807, 2.05) is 99.9 Å². The predicted molar refractivity (Wildman–Crippen MR) is 313 cm³/mol. The molecule has 0 saturated heterocycles. The molecule has 1 aliphatic carbocycles. The number of carbonyl (C=O) groups is 6. The lowest BCUT2D eigenvalue weighted by molar-refractivity contribution is -0.140. The van der Waals surface area contributed by atoms with E-state index in [0.717, 1.165) is 99.8 Å². The third-order valence-corrected chi connectivity index (χ3v) is 13.4. The number of rotatable bonds is 5. The van der Waals surface area contributed by atoms with E-state index < -0.39 is 5.91 Å². The van der Waals surface area contributed by atoms with Crippen LogP contribution in [-0.2, 0) is 75.5 Å². The Morgan fingerprint density at radius 1 is 0.556 bits per heavy atom. The quantitative estimate of drug-likeness (QED) is 0.0271. The van der Waals surface area contributed by atoms with Crippen molar-refractivity contribution >= 4 is 72.2 Å². The fourth-order valence-electron chi connectivity index (χ4n) is 9.34. The van der Waals surface area contributed by atoms with Gasteiger partial charge in [-0.05, 0) is 174 Å². The molecule has 0 saturated carbocycles. The van der Waals surface area contributed by atoms with Crippen LogP contribution < -0.4 is 16.7 Å². The number of esters is 3. The van der Waals surface area contributed by atoms with Crippen molar-refractivity contribution in [3.05, 3.63) is 140 Å². The summed E-state index contributed by atoms with van der Waals surface area (Å²) in [6, 6.07) is 22.7. The molecule has 0 radical (unpaired) electrons. The van der Waals surface area contributed by atoms with Crippen LogP contribution >= 0.6 is 36.6 Å². The van der Waals surface area contributed by atoms with Crippen molar-refractivity contribution in [1.29, 1.82) is 5.53 Å². The van der Waals surface area contributed by atoms with E-state index in [2.05, 4.69) is 44.1 Å². The van der Waals surface area contributed by atoms with Gasteiger partial charge in [0.25, 0.3) is 5.91 Å². The SMILES string of the molecule is CC(C)(C)C(=O)N1CCCc2cc(C(=O)NO)ccc2C1.COC(=O)c1ccc2c(c1)CCCCC2.COC(=O)c1ccc2c(c1)CCCN(C(=O)C(C)(C)C)C2.COC(=O)c1ccc2c(c1)CCCNC2.Cl.Cl.N=NN=NCl.NO. The molecular formula is C58H82Cl3N9O11. The van der Waals surface area contributed by atoms with Gasteiger partial charge in [0.2, 0.25) is 11.8 Å². The molecule has 0 bridgehead atoms. The highest BCUT2D eigenvalue weighted by molar-refractivity contribution is 6.13. The van der Waals surface area contributed by atoms with Crippen molar-refractivity contribution in [2.45, 2.75) is 132 Å².